The summed E-state index contributed by atoms with van der Waals surface area (Å²) in [6.45, 7) is 2.95. The second-order valence-electron chi connectivity index (χ2n) is 6.48. The average Bonchev–Trinajstić information content (AvgIpc) is 3.32. The standard InChI is InChI=1S/C19H26FN5O/c1-21-19(23-7-2-10-26-13-15-3-4-15)24-12-16-5-6-18(17(20)11-16)25-9-8-22-14-25/h5-6,8-9,11,14-15H,2-4,7,10,12-13H2,1H3,(H2,21,23,24). The van der Waals surface area contributed by atoms with E-state index >= 15 is 0 Å². The normalized spacial score (nSPS) is 14.5. The van der Waals surface area contributed by atoms with Crippen LogP contribution in [-0.4, -0.2) is 42.3 Å². The molecule has 0 atom stereocenters. The van der Waals surface area contributed by atoms with Crippen molar-refractivity contribution in [3.63, 3.8) is 0 Å². The van der Waals surface area contributed by atoms with Gasteiger partial charge in [-0.25, -0.2) is 9.37 Å². The summed E-state index contributed by atoms with van der Waals surface area (Å²) < 4.78 is 21.5. The average molecular weight is 359 g/mol. The quantitative estimate of drug-likeness (QED) is 0.410. The molecule has 0 radical (unpaired) electrons. The van der Waals surface area contributed by atoms with E-state index in [0.29, 0.717) is 18.2 Å². The van der Waals surface area contributed by atoms with Crippen LogP contribution in [0.25, 0.3) is 5.69 Å². The smallest absolute Gasteiger partial charge is 0.191 e. The molecule has 2 N–H and O–H groups in total. The van der Waals surface area contributed by atoms with Gasteiger partial charge in [-0.2, -0.15) is 0 Å². The Labute approximate surface area is 153 Å². The van der Waals surface area contributed by atoms with Crippen LogP contribution in [0.3, 0.4) is 0 Å². The summed E-state index contributed by atoms with van der Waals surface area (Å²) in [7, 11) is 1.72. The number of nitrogens with one attached hydrogen (secondary N) is 2. The minimum Gasteiger partial charge on any atom is -0.381 e. The molecule has 26 heavy (non-hydrogen) atoms. The first-order valence-corrected chi connectivity index (χ1v) is 9.05. The van der Waals surface area contributed by atoms with Gasteiger partial charge in [0.25, 0.3) is 0 Å². The Kier molecular flexibility index (Phi) is 6.60. The summed E-state index contributed by atoms with van der Waals surface area (Å²) in [6.07, 6.45) is 8.49. The molecular formula is C19H26FN5O. The molecular weight excluding hydrogens is 333 g/mol. The molecule has 0 bridgehead atoms. The lowest BCUT2D eigenvalue weighted by Crippen LogP contribution is -2.37. The maximum atomic E-state index is 14.3. The van der Waals surface area contributed by atoms with Crippen LogP contribution in [0.15, 0.2) is 41.9 Å². The summed E-state index contributed by atoms with van der Waals surface area (Å²) >= 11 is 0. The first kappa shape index (κ1) is 18.4. The fourth-order valence-electron chi connectivity index (χ4n) is 2.59. The predicted octanol–water partition coefficient (Wildman–Crippen LogP) is 2.49. The number of aliphatic imine (C=N–C) groups is 1. The number of halogens is 1. The van der Waals surface area contributed by atoms with E-state index in [-0.39, 0.29) is 5.82 Å². The van der Waals surface area contributed by atoms with Crippen molar-refractivity contribution in [3.05, 3.63) is 48.3 Å². The second kappa shape index (κ2) is 9.33. The van der Waals surface area contributed by atoms with Crippen LogP contribution in [0.5, 0.6) is 0 Å². The topological polar surface area (TPSA) is 63.5 Å². The Hall–Kier alpha value is -2.41. The van der Waals surface area contributed by atoms with Crippen LogP contribution in [0.2, 0.25) is 0 Å². The molecule has 3 rings (SSSR count). The number of ether oxygens (including phenoxy) is 1. The Balaban J connectivity index is 1.39. The number of benzene rings is 1. The van der Waals surface area contributed by atoms with Crippen LogP contribution in [0, 0.1) is 11.7 Å². The highest BCUT2D eigenvalue weighted by atomic mass is 19.1. The van der Waals surface area contributed by atoms with E-state index in [9.17, 15) is 4.39 Å². The number of aromatic nitrogens is 2. The van der Waals surface area contributed by atoms with Crippen molar-refractivity contribution in [2.24, 2.45) is 10.9 Å². The molecule has 140 valence electrons. The predicted molar refractivity (Wildman–Crippen MR) is 99.9 cm³/mol. The fourth-order valence-corrected chi connectivity index (χ4v) is 2.59. The highest BCUT2D eigenvalue weighted by Crippen LogP contribution is 2.28. The largest absolute Gasteiger partial charge is 0.381 e. The van der Waals surface area contributed by atoms with Crippen molar-refractivity contribution in [1.29, 1.82) is 0 Å². The SMILES string of the molecule is CN=C(NCCCOCC1CC1)NCc1ccc(-n2ccnc2)c(F)c1. The summed E-state index contributed by atoms with van der Waals surface area (Å²) in [6, 6.07) is 5.17. The highest BCUT2D eigenvalue weighted by molar-refractivity contribution is 5.79. The molecule has 0 saturated heterocycles. The highest BCUT2D eigenvalue weighted by Gasteiger charge is 2.20. The van der Waals surface area contributed by atoms with Crippen molar-refractivity contribution in [3.8, 4) is 5.69 Å². The summed E-state index contributed by atoms with van der Waals surface area (Å²) in [5.74, 6) is 1.22. The number of rotatable bonds is 9. The lowest BCUT2D eigenvalue weighted by molar-refractivity contribution is 0.123. The number of hydrogen-bond donors (Lipinski definition) is 2. The Morgan fingerprint density at radius 2 is 2.27 bits per heavy atom. The lowest BCUT2D eigenvalue weighted by Gasteiger charge is -2.13. The molecule has 1 heterocycles. The molecule has 0 aliphatic heterocycles. The van der Waals surface area contributed by atoms with E-state index in [0.717, 1.165) is 37.7 Å². The van der Waals surface area contributed by atoms with Gasteiger partial charge in [0.1, 0.15) is 5.82 Å². The van der Waals surface area contributed by atoms with Crippen LogP contribution in [-0.2, 0) is 11.3 Å². The molecule has 1 aliphatic carbocycles. The fraction of sp³-hybridized carbons (Fsp3) is 0.474. The van der Waals surface area contributed by atoms with E-state index in [4.69, 9.17) is 4.74 Å². The van der Waals surface area contributed by atoms with E-state index < -0.39 is 0 Å². The van der Waals surface area contributed by atoms with E-state index in [2.05, 4.69) is 20.6 Å². The number of hydrogen-bond acceptors (Lipinski definition) is 3. The van der Waals surface area contributed by atoms with Gasteiger partial charge >= 0.3 is 0 Å². The monoisotopic (exact) mass is 359 g/mol. The zero-order valence-corrected chi connectivity index (χ0v) is 15.1. The Morgan fingerprint density at radius 1 is 1.38 bits per heavy atom. The van der Waals surface area contributed by atoms with Crippen LogP contribution in [0.1, 0.15) is 24.8 Å². The van der Waals surface area contributed by atoms with E-state index in [1.165, 1.54) is 18.9 Å². The van der Waals surface area contributed by atoms with Gasteiger partial charge in [0.2, 0.25) is 0 Å². The Bertz CT molecular complexity index is 713. The zero-order valence-electron chi connectivity index (χ0n) is 15.1. The van der Waals surface area contributed by atoms with Gasteiger partial charge in [-0.15, -0.1) is 0 Å². The molecule has 0 spiro atoms. The number of nitrogens with zero attached hydrogens (tertiary/aromatic N) is 3. The molecule has 1 aromatic heterocycles. The van der Waals surface area contributed by atoms with Gasteiger partial charge in [0.15, 0.2) is 5.96 Å². The molecule has 1 saturated carbocycles. The third-order valence-corrected chi connectivity index (χ3v) is 4.29. The van der Waals surface area contributed by atoms with Gasteiger partial charge in [-0.05, 0) is 42.9 Å². The second-order valence-corrected chi connectivity index (χ2v) is 6.48. The van der Waals surface area contributed by atoms with Crippen molar-refractivity contribution in [2.75, 3.05) is 26.8 Å². The molecule has 2 aromatic rings. The summed E-state index contributed by atoms with van der Waals surface area (Å²) in [5, 5.41) is 6.44. The van der Waals surface area contributed by atoms with Gasteiger partial charge in [-0.3, -0.25) is 4.99 Å². The Morgan fingerprint density at radius 3 is 2.96 bits per heavy atom. The lowest BCUT2D eigenvalue weighted by atomic mass is 10.2. The van der Waals surface area contributed by atoms with Crippen molar-refractivity contribution >= 4 is 5.96 Å². The third kappa shape index (κ3) is 5.56. The summed E-state index contributed by atoms with van der Waals surface area (Å²) in [4.78, 5) is 8.13. The summed E-state index contributed by atoms with van der Waals surface area (Å²) in [5.41, 5.74) is 1.34. The van der Waals surface area contributed by atoms with Crippen LogP contribution >= 0.6 is 0 Å². The van der Waals surface area contributed by atoms with Gasteiger partial charge in [-0.1, -0.05) is 6.07 Å². The molecule has 0 amide bonds. The first-order valence-electron chi connectivity index (χ1n) is 9.05. The zero-order chi connectivity index (χ0) is 18.2. The maximum absolute atomic E-state index is 14.3. The van der Waals surface area contributed by atoms with Crippen molar-refractivity contribution in [1.82, 2.24) is 20.2 Å². The van der Waals surface area contributed by atoms with E-state index in [1.807, 2.05) is 6.07 Å². The molecule has 1 aromatic carbocycles. The van der Waals surface area contributed by atoms with Gasteiger partial charge in [0, 0.05) is 45.7 Å². The number of guanidine groups is 1. The minimum atomic E-state index is -0.280. The molecule has 1 fully saturated rings. The maximum Gasteiger partial charge on any atom is 0.191 e. The van der Waals surface area contributed by atoms with Crippen LogP contribution in [0.4, 0.5) is 4.39 Å². The first-order chi connectivity index (χ1) is 12.8. The molecule has 1 aliphatic rings. The third-order valence-electron chi connectivity index (χ3n) is 4.29. The molecule has 7 heteroatoms. The van der Waals surface area contributed by atoms with Gasteiger partial charge < -0.3 is 19.9 Å². The minimum absolute atomic E-state index is 0.280. The van der Waals surface area contributed by atoms with Crippen molar-refractivity contribution in [2.45, 2.75) is 25.8 Å². The van der Waals surface area contributed by atoms with Crippen LogP contribution < -0.4 is 10.6 Å². The van der Waals surface area contributed by atoms with E-state index in [1.54, 1.807) is 36.4 Å². The molecule has 0 unspecified atom stereocenters. The van der Waals surface area contributed by atoms with Gasteiger partial charge in [0.05, 0.1) is 12.0 Å². The number of imidazole rings is 1. The van der Waals surface area contributed by atoms with Crippen molar-refractivity contribution < 1.29 is 9.13 Å². The molecule has 6 nitrogen and oxygen atoms in total.